The summed E-state index contributed by atoms with van der Waals surface area (Å²) < 4.78 is 8.50. The van der Waals surface area contributed by atoms with Crippen molar-refractivity contribution in [2.45, 2.75) is 0 Å². The van der Waals surface area contributed by atoms with Crippen molar-refractivity contribution in [3.8, 4) is 11.3 Å². The second-order valence-electron chi connectivity index (χ2n) is 9.84. The third-order valence-corrected chi connectivity index (χ3v) is 8.59. The van der Waals surface area contributed by atoms with Crippen molar-refractivity contribution in [2.24, 2.45) is 0 Å². The average Bonchev–Trinajstić information content (AvgIpc) is 3.40. The molecule has 0 spiro atoms. The number of aromatic nitrogens is 2. The Morgan fingerprint density at radius 3 is 2.15 bits per heavy atom. The second-order valence-corrected chi connectivity index (χ2v) is 10.9. The van der Waals surface area contributed by atoms with Gasteiger partial charge in [-0.15, -0.1) is 11.3 Å². The van der Waals surface area contributed by atoms with Gasteiger partial charge in [0.05, 0.1) is 33.1 Å². The van der Waals surface area contributed by atoms with Crippen LogP contribution >= 0.6 is 11.3 Å². The number of benzene rings is 5. The monoisotopic (exact) mass is 547 g/mol. The van der Waals surface area contributed by atoms with Crippen LogP contribution in [0, 0.1) is 0 Å². The summed E-state index contributed by atoms with van der Waals surface area (Å²) in [5.41, 5.74) is 5.86. The Hall–Kier alpha value is -5.33. The molecule has 8 aromatic rings. The van der Waals surface area contributed by atoms with E-state index >= 15 is 0 Å². The summed E-state index contributed by atoms with van der Waals surface area (Å²) in [5.74, 6) is 0. The van der Waals surface area contributed by atoms with Crippen LogP contribution in [0.3, 0.4) is 0 Å². The minimum absolute atomic E-state index is 0.0539. The van der Waals surface area contributed by atoms with E-state index in [1.54, 1.807) is 29.9 Å². The molecule has 0 aliphatic rings. The first-order chi connectivity index (χ1) is 20.2. The van der Waals surface area contributed by atoms with Crippen LogP contribution < -0.4 is 10.3 Å². The molecule has 8 rings (SSSR count). The Labute approximate surface area is 238 Å². The lowest BCUT2D eigenvalue weighted by Crippen LogP contribution is -2.09. The van der Waals surface area contributed by atoms with E-state index < -0.39 is 0 Å². The molecule has 5 nitrogen and oxygen atoms in total. The number of para-hydroxylation sites is 2. The lowest BCUT2D eigenvalue weighted by Gasteiger charge is -2.25. The summed E-state index contributed by atoms with van der Waals surface area (Å²) in [4.78, 5) is 24.6. The van der Waals surface area contributed by atoms with E-state index in [0.29, 0.717) is 27.6 Å². The first-order valence-electron chi connectivity index (χ1n) is 13.3. The number of thiophene rings is 1. The van der Waals surface area contributed by atoms with Gasteiger partial charge in [-0.05, 0) is 60.7 Å². The zero-order valence-corrected chi connectivity index (χ0v) is 22.5. The molecule has 0 unspecified atom stereocenters. The summed E-state index contributed by atoms with van der Waals surface area (Å²) in [5, 5.41) is 3.29. The summed E-state index contributed by atoms with van der Waals surface area (Å²) in [7, 11) is 0. The number of nitrogens with zero attached hydrogens (tertiary/aromatic N) is 3. The highest BCUT2D eigenvalue weighted by atomic mass is 32.1. The molecule has 0 bridgehead atoms. The molecule has 0 amide bonds. The number of anilines is 3. The molecule has 0 radical (unpaired) electrons. The Bertz CT molecular complexity index is 2240. The first-order valence-corrected chi connectivity index (χ1v) is 14.1. The zero-order valence-electron chi connectivity index (χ0n) is 21.7. The number of hydrogen-bond donors (Lipinski definition) is 0. The largest absolute Gasteiger partial charge is 0.456 e. The van der Waals surface area contributed by atoms with E-state index in [-0.39, 0.29) is 5.43 Å². The molecule has 5 aromatic carbocycles. The van der Waals surface area contributed by atoms with Crippen LogP contribution in [0.5, 0.6) is 0 Å². The fourth-order valence-corrected chi connectivity index (χ4v) is 6.72. The van der Waals surface area contributed by atoms with Gasteiger partial charge in [-0.3, -0.25) is 14.8 Å². The van der Waals surface area contributed by atoms with Gasteiger partial charge in [0.25, 0.3) is 0 Å². The first kappa shape index (κ1) is 23.5. The van der Waals surface area contributed by atoms with Gasteiger partial charge < -0.3 is 9.32 Å². The van der Waals surface area contributed by atoms with Crippen LogP contribution in [0.1, 0.15) is 0 Å². The molecule has 0 aliphatic carbocycles. The summed E-state index contributed by atoms with van der Waals surface area (Å²) in [6.07, 6.45) is 4.97. The maximum Gasteiger partial charge on any atom is 0.200 e. The fourth-order valence-electron chi connectivity index (χ4n) is 5.50. The van der Waals surface area contributed by atoms with Gasteiger partial charge in [0.15, 0.2) is 0 Å². The summed E-state index contributed by atoms with van der Waals surface area (Å²) >= 11 is 1.69. The van der Waals surface area contributed by atoms with Crippen LogP contribution in [-0.4, -0.2) is 9.97 Å². The van der Waals surface area contributed by atoms with E-state index in [2.05, 4.69) is 81.6 Å². The molecule has 194 valence electrons. The van der Waals surface area contributed by atoms with Crippen LogP contribution in [0.2, 0.25) is 0 Å². The fraction of sp³-hybridized carbons (Fsp3) is 0. The quantitative estimate of drug-likeness (QED) is 0.206. The molecule has 0 saturated heterocycles. The molecule has 0 fully saturated rings. The summed E-state index contributed by atoms with van der Waals surface area (Å²) in [6.45, 7) is 0. The number of rotatable bonds is 4. The van der Waals surface area contributed by atoms with Gasteiger partial charge in [0.1, 0.15) is 11.2 Å². The molecule has 3 heterocycles. The molecule has 41 heavy (non-hydrogen) atoms. The molecule has 0 saturated carbocycles. The predicted molar refractivity (Wildman–Crippen MR) is 169 cm³/mol. The standard InChI is InChI=1S/C35H21N3O2S/c39-34-27-18-22(29-21-36-16-17-37-29)14-15-31(27)40-32-19-26-25-12-7-13-30(35(25)41-33(26)20-28(32)34)38(23-8-3-1-4-9-23)24-10-5-2-6-11-24/h1-21H. The highest BCUT2D eigenvalue weighted by molar-refractivity contribution is 7.26. The van der Waals surface area contributed by atoms with Gasteiger partial charge in [0, 0.05) is 44.8 Å². The Morgan fingerprint density at radius 2 is 1.41 bits per heavy atom. The minimum atomic E-state index is -0.0539. The van der Waals surface area contributed by atoms with E-state index in [1.807, 2.05) is 42.5 Å². The summed E-state index contributed by atoms with van der Waals surface area (Å²) in [6, 6.07) is 36.8. The molecule has 0 N–H and O–H groups in total. The molecular formula is C35H21N3O2S. The maximum atomic E-state index is 13.8. The van der Waals surface area contributed by atoms with Crippen LogP contribution in [-0.2, 0) is 0 Å². The number of hydrogen-bond acceptors (Lipinski definition) is 6. The van der Waals surface area contributed by atoms with E-state index in [4.69, 9.17) is 4.42 Å². The lowest BCUT2D eigenvalue weighted by atomic mass is 10.1. The van der Waals surface area contributed by atoms with Crippen molar-refractivity contribution in [3.05, 3.63) is 138 Å². The highest BCUT2D eigenvalue weighted by Crippen LogP contribution is 2.45. The molecule has 0 aliphatic heterocycles. The van der Waals surface area contributed by atoms with Crippen molar-refractivity contribution in [2.75, 3.05) is 4.90 Å². The van der Waals surface area contributed by atoms with E-state index in [9.17, 15) is 4.79 Å². The molecule has 6 heteroatoms. The van der Waals surface area contributed by atoms with Crippen molar-refractivity contribution < 1.29 is 4.42 Å². The van der Waals surface area contributed by atoms with Crippen LogP contribution in [0.4, 0.5) is 17.1 Å². The highest BCUT2D eigenvalue weighted by Gasteiger charge is 2.19. The van der Waals surface area contributed by atoms with Gasteiger partial charge in [-0.2, -0.15) is 0 Å². The van der Waals surface area contributed by atoms with E-state index in [1.165, 1.54) is 0 Å². The molecule has 3 aromatic heterocycles. The van der Waals surface area contributed by atoms with Crippen LogP contribution in [0.15, 0.2) is 137 Å². The predicted octanol–water partition coefficient (Wildman–Crippen LogP) is 9.24. The van der Waals surface area contributed by atoms with Crippen LogP contribution in [0.25, 0.3) is 53.4 Å². The minimum Gasteiger partial charge on any atom is -0.456 e. The third-order valence-electron chi connectivity index (χ3n) is 7.40. The normalized spacial score (nSPS) is 11.5. The van der Waals surface area contributed by atoms with Crippen molar-refractivity contribution >= 4 is 70.5 Å². The molecule has 0 atom stereocenters. The SMILES string of the molecule is O=c1c2cc(-c3cnccn3)ccc2oc2cc3c(cc12)sc1c(N(c2ccccc2)c2ccccc2)cccc13. The van der Waals surface area contributed by atoms with Gasteiger partial charge in [-0.1, -0.05) is 48.5 Å². The maximum absolute atomic E-state index is 13.8. The van der Waals surface area contributed by atoms with Crippen molar-refractivity contribution in [1.82, 2.24) is 9.97 Å². The number of fused-ring (bicyclic) bond motifs is 5. The smallest absolute Gasteiger partial charge is 0.200 e. The van der Waals surface area contributed by atoms with Gasteiger partial charge in [0.2, 0.25) is 5.43 Å². The van der Waals surface area contributed by atoms with Crippen molar-refractivity contribution in [3.63, 3.8) is 0 Å². The lowest BCUT2D eigenvalue weighted by molar-refractivity contribution is 0.660. The average molecular weight is 548 g/mol. The van der Waals surface area contributed by atoms with Gasteiger partial charge in [-0.25, -0.2) is 0 Å². The van der Waals surface area contributed by atoms with Crippen molar-refractivity contribution in [1.29, 1.82) is 0 Å². The topological polar surface area (TPSA) is 59.2 Å². The Balaban J connectivity index is 1.36. The van der Waals surface area contributed by atoms with E-state index in [0.717, 1.165) is 42.8 Å². The van der Waals surface area contributed by atoms with Gasteiger partial charge >= 0.3 is 0 Å². The third kappa shape index (κ3) is 3.88. The Kier molecular flexibility index (Phi) is 5.40. The Morgan fingerprint density at radius 1 is 0.659 bits per heavy atom. The zero-order chi connectivity index (χ0) is 27.3. The molecular weight excluding hydrogens is 526 g/mol. The second kappa shape index (κ2) is 9.40.